The van der Waals surface area contributed by atoms with Crippen LogP contribution in [0.3, 0.4) is 0 Å². The van der Waals surface area contributed by atoms with Gasteiger partial charge in [0.1, 0.15) is 0 Å². The fourth-order valence-corrected chi connectivity index (χ4v) is 7.62. The molecule has 0 aliphatic heterocycles. The van der Waals surface area contributed by atoms with Gasteiger partial charge in [-0.15, -0.1) is 11.3 Å². The highest BCUT2D eigenvalue weighted by Gasteiger charge is 2.30. The van der Waals surface area contributed by atoms with Gasteiger partial charge in [-0.25, -0.2) is 23.0 Å². The summed E-state index contributed by atoms with van der Waals surface area (Å²) in [5, 5.41) is 14.5. The Bertz CT molecular complexity index is 1410. The molecule has 1 atom stereocenters. The van der Waals surface area contributed by atoms with Gasteiger partial charge in [0.15, 0.2) is 9.84 Å². The van der Waals surface area contributed by atoms with Crippen LogP contribution in [0.15, 0.2) is 59.6 Å². The number of sulfone groups is 1. The Labute approximate surface area is 232 Å². The summed E-state index contributed by atoms with van der Waals surface area (Å²) in [4.78, 5) is 28.6. The number of hydrogen-bond acceptors (Lipinski definition) is 7. The van der Waals surface area contributed by atoms with Gasteiger partial charge in [0.2, 0.25) is 0 Å². The number of thiazole rings is 1. The molecule has 1 aliphatic carbocycles. The van der Waals surface area contributed by atoms with Crippen molar-refractivity contribution in [2.24, 2.45) is 0 Å². The number of carbonyl (C=O) groups excluding carboxylic acids is 1. The lowest BCUT2D eigenvalue weighted by Gasteiger charge is -2.28. The fraction of sp³-hybridized carbons (Fsp3) is 0.393. The Morgan fingerprint density at radius 2 is 1.74 bits per heavy atom. The molecule has 0 spiro atoms. The lowest BCUT2D eigenvalue weighted by atomic mass is 9.86. The molecule has 3 N–H and O–H groups in total. The first-order valence-corrected chi connectivity index (χ1v) is 15.3. The summed E-state index contributed by atoms with van der Waals surface area (Å²) in [7, 11) is -3.88. The molecule has 1 fully saturated rings. The normalized spacial score (nSPS) is 18.4. The van der Waals surface area contributed by atoms with Crippen molar-refractivity contribution in [2.75, 3.05) is 5.32 Å². The van der Waals surface area contributed by atoms with Crippen molar-refractivity contribution in [1.29, 1.82) is 0 Å². The van der Waals surface area contributed by atoms with Gasteiger partial charge in [0.25, 0.3) is 0 Å². The van der Waals surface area contributed by atoms with E-state index in [1.807, 2.05) is 19.9 Å². The number of carbonyl (C=O) groups is 2. The van der Waals surface area contributed by atoms with E-state index in [1.54, 1.807) is 49.5 Å². The summed E-state index contributed by atoms with van der Waals surface area (Å²) >= 11 is 1.45. The van der Waals surface area contributed by atoms with Gasteiger partial charge in [-0.2, -0.15) is 0 Å². The highest BCUT2D eigenvalue weighted by atomic mass is 32.2. The maximum absolute atomic E-state index is 13.8. The lowest BCUT2D eigenvalue weighted by molar-refractivity contribution is 0.109. The molecule has 39 heavy (non-hydrogen) atoms. The number of nitrogens with zero attached hydrogens (tertiary/aromatic N) is 1. The first kappa shape index (κ1) is 28.6. The van der Waals surface area contributed by atoms with Crippen molar-refractivity contribution in [3.8, 4) is 10.4 Å². The van der Waals surface area contributed by atoms with Crippen LogP contribution in [-0.4, -0.2) is 42.8 Å². The second-order valence-electron chi connectivity index (χ2n) is 9.95. The molecule has 9 nitrogen and oxygen atoms in total. The van der Waals surface area contributed by atoms with Gasteiger partial charge in [-0.05, 0) is 64.2 Å². The zero-order valence-corrected chi connectivity index (χ0v) is 23.7. The minimum absolute atomic E-state index is 0.0527. The monoisotopic (exact) mass is 571 g/mol. The number of anilines is 1. The molecule has 11 heteroatoms. The predicted octanol–water partition coefficient (Wildman–Crippen LogP) is 6.60. The second-order valence-corrected chi connectivity index (χ2v) is 13.2. The van der Waals surface area contributed by atoms with E-state index in [0.717, 1.165) is 30.7 Å². The van der Waals surface area contributed by atoms with Crippen LogP contribution in [0.5, 0.6) is 0 Å². The van der Waals surface area contributed by atoms with Gasteiger partial charge >= 0.3 is 12.2 Å². The van der Waals surface area contributed by atoms with Gasteiger partial charge in [-0.3, -0.25) is 5.32 Å². The van der Waals surface area contributed by atoms with Crippen LogP contribution < -0.4 is 10.6 Å². The smallest absolute Gasteiger partial charge is 0.409 e. The SMILES string of the molecule is CC(C)OC(=O)NC1CCC(c2ncc(-c3ccc(NC(=O)O)cc3S(=O)(=O)C(C)c3ccccc3)s2)CC1. The third-order valence-electron chi connectivity index (χ3n) is 6.80. The number of ether oxygens (including phenoxy) is 1. The summed E-state index contributed by atoms with van der Waals surface area (Å²) in [6.45, 7) is 5.25. The average Bonchev–Trinajstić information content (AvgIpc) is 3.38. The van der Waals surface area contributed by atoms with E-state index in [4.69, 9.17) is 4.74 Å². The van der Waals surface area contributed by atoms with Crippen LogP contribution in [0, 0.1) is 0 Å². The van der Waals surface area contributed by atoms with E-state index >= 15 is 0 Å². The number of alkyl carbamates (subject to hydrolysis) is 1. The van der Waals surface area contributed by atoms with Crippen LogP contribution in [-0.2, 0) is 14.6 Å². The zero-order valence-electron chi connectivity index (χ0n) is 22.1. The van der Waals surface area contributed by atoms with E-state index in [0.29, 0.717) is 16.0 Å². The van der Waals surface area contributed by atoms with Crippen molar-refractivity contribution in [3.63, 3.8) is 0 Å². The van der Waals surface area contributed by atoms with Crippen molar-refractivity contribution >= 4 is 39.0 Å². The van der Waals surface area contributed by atoms with E-state index in [2.05, 4.69) is 15.6 Å². The summed E-state index contributed by atoms with van der Waals surface area (Å²) < 4.78 is 32.8. The number of benzene rings is 2. The molecule has 208 valence electrons. The number of aromatic nitrogens is 1. The summed E-state index contributed by atoms with van der Waals surface area (Å²) in [5.74, 6) is 0.208. The number of rotatable bonds is 8. The van der Waals surface area contributed by atoms with Crippen LogP contribution in [0.2, 0.25) is 0 Å². The van der Waals surface area contributed by atoms with Gasteiger partial charge in [-0.1, -0.05) is 36.4 Å². The number of hydrogen-bond donors (Lipinski definition) is 3. The Morgan fingerprint density at radius 3 is 2.38 bits per heavy atom. The molecular formula is C28H33N3O6S2. The van der Waals surface area contributed by atoms with Crippen molar-refractivity contribution in [3.05, 3.63) is 65.3 Å². The zero-order chi connectivity index (χ0) is 28.2. The average molecular weight is 572 g/mol. The third kappa shape index (κ3) is 6.96. The van der Waals surface area contributed by atoms with E-state index in [-0.39, 0.29) is 28.6 Å². The first-order valence-electron chi connectivity index (χ1n) is 12.9. The van der Waals surface area contributed by atoms with Crippen molar-refractivity contribution in [1.82, 2.24) is 10.3 Å². The molecule has 1 aromatic heterocycles. The van der Waals surface area contributed by atoms with Gasteiger partial charge in [0.05, 0.1) is 26.1 Å². The quantitative estimate of drug-likeness (QED) is 0.277. The lowest BCUT2D eigenvalue weighted by Crippen LogP contribution is -2.38. The maximum atomic E-state index is 13.8. The minimum atomic E-state index is -3.88. The molecule has 1 heterocycles. The minimum Gasteiger partial charge on any atom is -0.465 e. The highest BCUT2D eigenvalue weighted by molar-refractivity contribution is 7.91. The summed E-state index contributed by atoms with van der Waals surface area (Å²) in [6, 6.07) is 13.6. The number of amides is 2. The van der Waals surface area contributed by atoms with Crippen molar-refractivity contribution in [2.45, 2.75) is 74.7 Å². The van der Waals surface area contributed by atoms with Crippen LogP contribution in [0.4, 0.5) is 15.3 Å². The summed E-state index contributed by atoms with van der Waals surface area (Å²) in [6.07, 6.45) is 3.14. The molecule has 3 aromatic rings. The Kier molecular flexibility index (Phi) is 8.91. The predicted molar refractivity (Wildman–Crippen MR) is 151 cm³/mol. The molecule has 1 saturated carbocycles. The molecule has 0 saturated heterocycles. The molecular weight excluding hydrogens is 538 g/mol. The molecule has 1 aliphatic rings. The topological polar surface area (TPSA) is 135 Å². The molecule has 2 amide bonds. The maximum Gasteiger partial charge on any atom is 0.409 e. The van der Waals surface area contributed by atoms with Crippen LogP contribution in [0.1, 0.15) is 68.2 Å². The van der Waals surface area contributed by atoms with Crippen molar-refractivity contribution < 1.29 is 27.9 Å². The fourth-order valence-electron chi connectivity index (χ4n) is 4.76. The van der Waals surface area contributed by atoms with Crippen LogP contribution >= 0.6 is 11.3 Å². The van der Waals surface area contributed by atoms with E-state index in [1.165, 1.54) is 17.4 Å². The van der Waals surface area contributed by atoms with Gasteiger partial charge in [0, 0.05) is 29.4 Å². The summed E-state index contributed by atoms with van der Waals surface area (Å²) in [5.41, 5.74) is 1.31. The first-order chi connectivity index (χ1) is 18.5. The van der Waals surface area contributed by atoms with E-state index < -0.39 is 27.3 Å². The molecule has 0 radical (unpaired) electrons. The Morgan fingerprint density at radius 1 is 1.05 bits per heavy atom. The Hall–Kier alpha value is -3.44. The number of carboxylic acid groups (broad SMARTS) is 1. The van der Waals surface area contributed by atoms with Gasteiger partial charge < -0.3 is 15.2 Å². The molecule has 1 unspecified atom stereocenters. The number of nitrogens with one attached hydrogen (secondary N) is 2. The van der Waals surface area contributed by atoms with Crippen LogP contribution in [0.25, 0.3) is 10.4 Å². The Balaban J connectivity index is 1.58. The molecule has 0 bridgehead atoms. The standard InChI is InChI=1S/C28H33N3O6S2/c1-17(2)37-28(34)31-21-11-9-20(10-12-21)26-29-16-24(38-26)23-14-13-22(30-27(32)33)15-25(23)39(35,36)18(3)19-7-5-4-6-8-19/h4-8,13-18,20-21,30H,9-12H2,1-3H3,(H,31,34)(H,32,33). The molecule has 2 aromatic carbocycles. The highest BCUT2D eigenvalue weighted by Crippen LogP contribution is 2.42. The molecule has 4 rings (SSSR count). The second kappa shape index (κ2) is 12.2. The third-order valence-corrected chi connectivity index (χ3v) is 10.2. The van der Waals surface area contributed by atoms with E-state index in [9.17, 15) is 23.1 Å². The largest absolute Gasteiger partial charge is 0.465 e.